The molecule has 228 valence electrons. The fourth-order valence-electron chi connectivity index (χ4n) is 5.66. The first-order valence-corrected chi connectivity index (χ1v) is 15.9. The van der Waals surface area contributed by atoms with Crippen LogP contribution in [0.1, 0.15) is 73.9 Å². The van der Waals surface area contributed by atoms with E-state index in [-0.39, 0.29) is 35.4 Å². The number of rotatable bonds is 8. The lowest BCUT2D eigenvalue weighted by molar-refractivity contribution is -0.132. The zero-order valence-corrected chi connectivity index (χ0v) is 25.0. The highest BCUT2D eigenvalue weighted by molar-refractivity contribution is 7.90. The summed E-state index contributed by atoms with van der Waals surface area (Å²) in [7, 11) is -3.48. The van der Waals surface area contributed by atoms with Gasteiger partial charge in [-0.2, -0.15) is 0 Å². The third-order valence-corrected chi connectivity index (χ3v) is 8.72. The first-order chi connectivity index (χ1) is 19.6. The van der Waals surface area contributed by atoms with Crippen LogP contribution in [0.25, 0.3) is 0 Å². The summed E-state index contributed by atoms with van der Waals surface area (Å²) in [6.45, 7) is 5.78. The van der Waals surface area contributed by atoms with Gasteiger partial charge in [-0.15, -0.1) is 0 Å². The Morgan fingerprint density at radius 3 is 2.50 bits per heavy atom. The first-order valence-electron chi connectivity index (χ1n) is 14.0. The maximum absolute atomic E-state index is 14.2. The van der Waals surface area contributed by atoms with Crippen LogP contribution in [-0.2, 0) is 25.8 Å². The van der Waals surface area contributed by atoms with Crippen LogP contribution in [0.3, 0.4) is 0 Å². The Morgan fingerprint density at radius 1 is 1.10 bits per heavy atom. The van der Waals surface area contributed by atoms with Crippen LogP contribution >= 0.6 is 0 Å². The summed E-state index contributed by atoms with van der Waals surface area (Å²) in [5.74, 6) is -3.05. The molecular weight excluding hydrogens is 568 g/mol. The average Bonchev–Trinajstić information content (AvgIpc) is 3.52. The van der Waals surface area contributed by atoms with E-state index < -0.39 is 51.0 Å². The van der Waals surface area contributed by atoms with Crippen LogP contribution in [0.5, 0.6) is 0 Å². The molecule has 1 fully saturated rings. The molecule has 0 saturated carbocycles. The Bertz CT molecular complexity index is 1470. The van der Waals surface area contributed by atoms with Crippen LogP contribution in [0.15, 0.2) is 41.3 Å². The topological polar surface area (TPSA) is 122 Å². The number of sulfone groups is 1. The second-order valence-electron chi connectivity index (χ2n) is 12.0. The van der Waals surface area contributed by atoms with E-state index in [1.54, 1.807) is 25.7 Å². The number of nitrogens with zero attached hydrogens (tertiary/aromatic N) is 1. The molecule has 0 bridgehead atoms. The number of nitrogens with one attached hydrogen (secondary N) is 2. The van der Waals surface area contributed by atoms with E-state index in [0.29, 0.717) is 36.9 Å². The SMILES string of the molecule is CC(C)(C)OC(=O)NC(CC(=O)N1CCCC1CNC(=O)c1cccc(S(C)(=O)=O)c1)C1CCc2cc(F)c(F)cc21. The molecule has 2 aromatic carbocycles. The molecule has 12 heteroatoms. The summed E-state index contributed by atoms with van der Waals surface area (Å²) in [5.41, 5.74) is 0.618. The minimum atomic E-state index is -3.48. The van der Waals surface area contributed by atoms with Crippen LogP contribution < -0.4 is 10.6 Å². The van der Waals surface area contributed by atoms with Crippen molar-refractivity contribution in [3.63, 3.8) is 0 Å². The maximum Gasteiger partial charge on any atom is 0.407 e. The molecular formula is C30H37F2N3O6S. The molecule has 2 N–H and O–H groups in total. The van der Waals surface area contributed by atoms with Crippen molar-refractivity contribution in [3.05, 3.63) is 64.7 Å². The van der Waals surface area contributed by atoms with Crippen molar-refractivity contribution in [2.45, 2.75) is 81.4 Å². The molecule has 3 amide bonds. The fourth-order valence-corrected chi connectivity index (χ4v) is 6.33. The average molecular weight is 606 g/mol. The van der Waals surface area contributed by atoms with Crippen molar-refractivity contribution in [2.75, 3.05) is 19.3 Å². The molecule has 2 aromatic rings. The standard InChI is InChI=1S/C30H37F2N3O6S/c1-30(2,3)41-29(38)34-26(22-11-10-18-14-24(31)25(32)15-23(18)22)16-27(36)35-12-6-8-20(35)17-33-28(37)19-7-5-9-21(13-19)42(4,39)40/h5,7,9,13-15,20,22,26H,6,8,10-12,16-17H2,1-4H3,(H,33,37)(H,34,38). The summed E-state index contributed by atoms with van der Waals surface area (Å²) in [4.78, 5) is 40.8. The molecule has 42 heavy (non-hydrogen) atoms. The van der Waals surface area contributed by atoms with Gasteiger partial charge >= 0.3 is 6.09 Å². The summed E-state index contributed by atoms with van der Waals surface area (Å²) in [6.07, 6.45) is 2.61. The van der Waals surface area contributed by atoms with E-state index in [4.69, 9.17) is 4.74 Å². The van der Waals surface area contributed by atoms with Crippen LogP contribution in [-0.4, -0.2) is 68.3 Å². The number of halogens is 2. The number of hydrogen-bond donors (Lipinski definition) is 2. The Balaban J connectivity index is 1.47. The van der Waals surface area contributed by atoms with E-state index in [2.05, 4.69) is 10.6 Å². The fraction of sp³-hybridized carbons (Fsp3) is 0.500. The number of alkyl carbamates (subject to hydrolysis) is 1. The minimum Gasteiger partial charge on any atom is -0.444 e. The van der Waals surface area contributed by atoms with E-state index in [0.717, 1.165) is 18.7 Å². The van der Waals surface area contributed by atoms with Gasteiger partial charge in [-0.3, -0.25) is 9.59 Å². The number of carbonyl (C=O) groups excluding carboxylic acids is 3. The van der Waals surface area contributed by atoms with E-state index in [1.807, 2.05) is 0 Å². The summed E-state index contributed by atoms with van der Waals surface area (Å²) in [6, 6.07) is 7.02. The summed E-state index contributed by atoms with van der Waals surface area (Å²) < 4.78 is 57.2. The quantitative estimate of drug-likeness (QED) is 0.467. The molecule has 1 heterocycles. The van der Waals surface area contributed by atoms with Gasteiger partial charge in [0.25, 0.3) is 5.91 Å². The van der Waals surface area contributed by atoms with Crippen molar-refractivity contribution in [3.8, 4) is 0 Å². The van der Waals surface area contributed by atoms with Gasteiger partial charge in [0.2, 0.25) is 5.91 Å². The van der Waals surface area contributed by atoms with Crippen molar-refractivity contribution < 1.29 is 36.3 Å². The highest BCUT2D eigenvalue weighted by Gasteiger charge is 2.37. The van der Waals surface area contributed by atoms with Crippen LogP contribution in [0.2, 0.25) is 0 Å². The van der Waals surface area contributed by atoms with E-state index >= 15 is 0 Å². The Kier molecular flexibility index (Phi) is 9.24. The van der Waals surface area contributed by atoms with Gasteiger partial charge < -0.3 is 20.3 Å². The van der Waals surface area contributed by atoms with Gasteiger partial charge in [0.1, 0.15) is 5.60 Å². The highest BCUT2D eigenvalue weighted by atomic mass is 32.2. The summed E-state index contributed by atoms with van der Waals surface area (Å²) in [5, 5.41) is 5.61. The number of amides is 3. The first kappa shape index (κ1) is 31.4. The lowest BCUT2D eigenvalue weighted by Crippen LogP contribution is -2.48. The zero-order chi connectivity index (χ0) is 30.8. The molecule has 3 atom stereocenters. The number of ether oxygens (including phenoxy) is 1. The second kappa shape index (κ2) is 12.4. The van der Waals surface area contributed by atoms with Gasteiger partial charge in [0.05, 0.1) is 4.90 Å². The molecule has 4 rings (SSSR count). The van der Waals surface area contributed by atoms with Gasteiger partial charge in [-0.25, -0.2) is 22.0 Å². The predicted molar refractivity (Wildman–Crippen MR) is 152 cm³/mol. The zero-order valence-electron chi connectivity index (χ0n) is 24.2. The molecule has 9 nitrogen and oxygen atoms in total. The highest BCUT2D eigenvalue weighted by Crippen LogP contribution is 2.38. The molecule has 3 unspecified atom stereocenters. The van der Waals surface area contributed by atoms with E-state index in [9.17, 15) is 31.6 Å². The van der Waals surface area contributed by atoms with E-state index in [1.165, 1.54) is 30.3 Å². The van der Waals surface area contributed by atoms with Crippen molar-refractivity contribution >= 4 is 27.7 Å². The molecule has 0 aromatic heterocycles. The molecule has 1 aliphatic carbocycles. The van der Waals surface area contributed by atoms with Crippen LogP contribution in [0.4, 0.5) is 13.6 Å². The number of carbonyl (C=O) groups is 3. The Morgan fingerprint density at radius 2 is 1.81 bits per heavy atom. The number of hydrogen-bond acceptors (Lipinski definition) is 6. The minimum absolute atomic E-state index is 0.0347. The predicted octanol–water partition coefficient (Wildman–Crippen LogP) is 4.10. The lowest BCUT2D eigenvalue weighted by Gasteiger charge is -2.31. The molecule has 0 spiro atoms. The maximum atomic E-state index is 14.2. The molecule has 0 radical (unpaired) electrons. The van der Waals surface area contributed by atoms with Gasteiger partial charge in [-0.1, -0.05) is 6.07 Å². The summed E-state index contributed by atoms with van der Waals surface area (Å²) >= 11 is 0. The number of fused-ring (bicyclic) bond motifs is 1. The monoisotopic (exact) mass is 605 g/mol. The molecule has 1 saturated heterocycles. The number of aryl methyl sites for hydroxylation is 1. The molecule has 2 aliphatic rings. The third-order valence-electron chi connectivity index (χ3n) is 7.61. The molecule has 1 aliphatic heterocycles. The lowest BCUT2D eigenvalue weighted by atomic mass is 9.90. The van der Waals surface area contributed by atoms with Crippen molar-refractivity contribution in [2.24, 2.45) is 0 Å². The number of likely N-dealkylation sites (tertiary alicyclic amines) is 1. The number of benzene rings is 2. The largest absolute Gasteiger partial charge is 0.444 e. The van der Waals surface area contributed by atoms with Crippen LogP contribution in [0, 0.1) is 11.6 Å². The van der Waals surface area contributed by atoms with Crippen molar-refractivity contribution in [1.82, 2.24) is 15.5 Å². The second-order valence-corrected chi connectivity index (χ2v) is 14.0. The normalized spacial score (nSPS) is 19.2. The third kappa shape index (κ3) is 7.64. The smallest absolute Gasteiger partial charge is 0.407 e. The Labute approximate surface area is 244 Å². The van der Waals surface area contributed by atoms with Gasteiger partial charge in [0, 0.05) is 49.3 Å². The van der Waals surface area contributed by atoms with Gasteiger partial charge in [0.15, 0.2) is 21.5 Å². The van der Waals surface area contributed by atoms with Crippen molar-refractivity contribution in [1.29, 1.82) is 0 Å². The Hall–Kier alpha value is -3.54. The van der Waals surface area contributed by atoms with Gasteiger partial charge in [-0.05, 0) is 87.9 Å².